The van der Waals surface area contributed by atoms with Gasteiger partial charge < -0.3 is 71.1 Å². The minimum absolute atomic E-state index is 0.0582. The minimum atomic E-state index is -1.43. The number of methoxy groups -OCH3 is 4. The Morgan fingerprint density at radius 1 is 0.385 bits per heavy atom. The van der Waals surface area contributed by atoms with Crippen molar-refractivity contribution in [1.29, 1.82) is 0 Å². The van der Waals surface area contributed by atoms with Crippen LogP contribution in [0.3, 0.4) is 0 Å². The number of ether oxygens (including phenoxy) is 15. The fourth-order valence-corrected chi connectivity index (χ4v) is 6.08. The van der Waals surface area contributed by atoms with Crippen LogP contribution >= 0.6 is 0 Å². The van der Waals surface area contributed by atoms with Crippen LogP contribution in [0.2, 0.25) is 0 Å². The highest BCUT2D eigenvalue weighted by molar-refractivity contribution is 5.82. The first kappa shape index (κ1) is 57.6. The van der Waals surface area contributed by atoms with Gasteiger partial charge in [0, 0.05) is 28.4 Å². The molecule has 0 bridgehead atoms. The summed E-state index contributed by atoms with van der Waals surface area (Å²) in [6, 6.07) is 0. The molecule has 4 atom stereocenters. The smallest absolute Gasteiger partial charge is 0.317 e. The van der Waals surface area contributed by atoms with Gasteiger partial charge in [-0.3, -0.25) is 28.8 Å². The Labute approximate surface area is 382 Å². The molecule has 2 saturated heterocycles. The van der Waals surface area contributed by atoms with Crippen molar-refractivity contribution in [2.75, 3.05) is 134 Å². The van der Waals surface area contributed by atoms with Crippen molar-refractivity contribution < 1.29 is 99.8 Å². The van der Waals surface area contributed by atoms with E-state index in [1.165, 1.54) is 56.1 Å². The highest BCUT2D eigenvalue weighted by Gasteiger charge is 2.48. The summed E-state index contributed by atoms with van der Waals surface area (Å²) in [5, 5.41) is 0. The van der Waals surface area contributed by atoms with Gasteiger partial charge in [0.2, 0.25) is 0 Å². The van der Waals surface area contributed by atoms with Crippen molar-refractivity contribution in [3.63, 3.8) is 0 Å². The lowest BCUT2D eigenvalue weighted by molar-refractivity contribution is -0.282. The largest absolute Gasteiger partial charge is 0.464 e. The molecule has 0 N–H and O–H groups in total. The van der Waals surface area contributed by atoms with E-state index in [0.717, 1.165) is 0 Å². The molecular weight excluding hydrogens is 864 g/mol. The predicted molar refractivity (Wildman–Crippen MR) is 225 cm³/mol. The lowest BCUT2D eigenvalue weighted by Gasteiger charge is -2.40. The summed E-state index contributed by atoms with van der Waals surface area (Å²) < 4.78 is 82.1. The fourth-order valence-electron chi connectivity index (χ4n) is 6.08. The molecular formula is C44H74O21. The van der Waals surface area contributed by atoms with Gasteiger partial charge in [-0.1, -0.05) is 0 Å². The summed E-state index contributed by atoms with van der Waals surface area (Å²) in [5.41, 5.74) is -7.92. The molecule has 21 heteroatoms. The molecule has 0 amide bonds. The summed E-state index contributed by atoms with van der Waals surface area (Å²) >= 11 is 0. The van der Waals surface area contributed by atoms with E-state index < -0.39 is 93.1 Å². The fraction of sp³-hybridized carbons (Fsp3) is 0.864. The summed E-state index contributed by atoms with van der Waals surface area (Å²) in [4.78, 5) is 79.2. The molecule has 0 aromatic carbocycles. The molecule has 21 nitrogen and oxygen atoms in total. The summed E-state index contributed by atoms with van der Waals surface area (Å²) in [5.74, 6) is -6.00. The zero-order chi connectivity index (χ0) is 49.4. The standard InChI is InChI=1S/C44H74O21/c1-37(2)62-27-43(9,28-63-37)35(49)60-25-41(7,21-53-13)33(47)58-23-39(5,19-51-11)31(45)56-17-15-55-16-18-57-32(46)40(6,20-52-12)24-59-34(48)42(8,22-54-14)26-61-36(50)44(10)29-64-38(3,4)65-30-44/h15-30H2,1-14H3. The second-order valence-electron chi connectivity index (χ2n) is 19.2. The van der Waals surface area contributed by atoms with Crippen molar-refractivity contribution in [3.05, 3.63) is 0 Å². The quantitative estimate of drug-likeness (QED) is 0.0622. The van der Waals surface area contributed by atoms with Gasteiger partial charge in [0.1, 0.15) is 72.1 Å². The molecule has 0 aromatic heterocycles. The number of esters is 6. The van der Waals surface area contributed by atoms with E-state index in [9.17, 15) is 28.8 Å². The molecule has 0 spiro atoms. The first-order valence-corrected chi connectivity index (χ1v) is 21.3. The topological polar surface area (TPSA) is 241 Å². The van der Waals surface area contributed by atoms with Gasteiger partial charge in [-0.2, -0.15) is 0 Å². The zero-order valence-corrected chi connectivity index (χ0v) is 40.9. The van der Waals surface area contributed by atoms with E-state index in [1.807, 2.05) is 0 Å². The van der Waals surface area contributed by atoms with Crippen molar-refractivity contribution in [1.82, 2.24) is 0 Å². The van der Waals surface area contributed by atoms with Crippen LogP contribution in [-0.2, 0) is 99.8 Å². The maximum absolute atomic E-state index is 13.4. The van der Waals surface area contributed by atoms with Gasteiger partial charge in [-0.15, -0.1) is 0 Å². The zero-order valence-electron chi connectivity index (χ0n) is 40.9. The molecule has 2 aliphatic rings. The van der Waals surface area contributed by atoms with E-state index in [0.29, 0.717) is 0 Å². The van der Waals surface area contributed by atoms with Gasteiger partial charge in [0.15, 0.2) is 11.6 Å². The third-order valence-electron chi connectivity index (χ3n) is 10.8. The molecule has 0 aliphatic carbocycles. The third kappa shape index (κ3) is 16.9. The van der Waals surface area contributed by atoms with Crippen molar-refractivity contribution in [2.45, 2.75) is 80.8 Å². The predicted octanol–water partition coefficient (Wildman–Crippen LogP) is 2.45. The van der Waals surface area contributed by atoms with Crippen LogP contribution in [0.5, 0.6) is 0 Å². The van der Waals surface area contributed by atoms with Crippen LogP contribution in [0, 0.1) is 32.5 Å². The maximum atomic E-state index is 13.4. The summed E-state index contributed by atoms with van der Waals surface area (Å²) in [6.07, 6.45) is 0. The molecule has 2 rings (SSSR count). The Bertz CT molecular complexity index is 1460. The summed E-state index contributed by atoms with van der Waals surface area (Å²) in [6.45, 7) is 13.6. The van der Waals surface area contributed by atoms with Crippen LogP contribution < -0.4 is 0 Å². The van der Waals surface area contributed by atoms with Crippen LogP contribution in [0.15, 0.2) is 0 Å². The average molecular weight is 939 g/mol. The SMILES string of the molecule is COCC(C)(COC(=O)C(C)(COC)COC(=O)C1(C)COC(C)(C)OC1)C(=O)OCCOCCOC(=O)C(C)(COC)COC(=O)C(C)(COC)COC(=O)C1(C)COC(C)(C)OC1. The van der Waals surface area contributed by atoms with E-state index in [2.05, 4.69) is 0 Å². The van der Waals surface area contributed by atoms with Crippen LogP contribution in [0.25, 0.3) is 0 Å². The molecule has 0 radical (unpaired) electrons. The van der Waals surface area contributed by atoms with Crippen molar-refractivity contribution in [3.8, 4) is 0 Å². The number of hydrogen-bond acceptors (Lipinski definition) is 21. The Balaban J connectivity index is 1.85. The molecule has 376 valence electrons. The highest BCUT2D eigenvalue weighted by atomic mass is 16.7. The van der Waals surface area contributed by atoms with E-state index in [4.69, 9.17) is 71.1 Å². The number of carbonyl (C=O) groups is 6. The molecule has 65 heavy (non-hydrogen) atoms. The minimum Gasteiger partial charge on any atom is -0.464 e. The van der Waals surface area contributed by atoms with Gasteiger partial charge in [0.05, 0.1) is 66.1 Å². The third-order valence-corrected chi connectivity index (χ3v) is 10.8. The average Bonchev–Trinajstić information content (AvgIpc) is 3.25. The van der Waals surface area contributed by atoms with Crippen LogP contribution in [0.1, 0.15) is 69.2 Å². The molecule has 4 unspecified atom stereocenters. The highest BCUT2D eigenvalue weighted by Crippen LogP contribution is 2.34. The Kier molecular flexibility index (Phi) is 21.7. The Morgan fingerprint density at radius 2 is 0.631 bits per heavy atom. The second-order valence-corrected chi connectivity index (χ2v) is 19.2. The van der Waals surface area contributed by atoms with Gasteiger partial charge in [0.25, 0.3) is 0 Å². The Hall–Kier alpha value is -3.54. The van der Waals surface area contributed by atoms with E-state index in [-0.39, 0.29) is 92.5 Å². The van der Waals surface area contributed by atoms with E-state index in [1.54, 1.807) is 41.5 Å². The normalized spacial score (nSPS) is 21.1. The first-order valence-electron chi connectivity index (χ1n) is 21.3. The van der Waals surface area contributed by atoms with Gasteiger partial charge in [-0.05, 0) is 69.2 Å². The summed E-state index contributed by atoms with van der Waals surface area (Å²) in [7, 11) is 5.51. The number of rotatable bonds is 28. The lowest BCUT2D eigenvalue weighted by Crippen LogP contribution is -2.50. The monoisotopic (exact) mass is 938 g/mol. The van der Waals surface area contributed by atoms with E-state index >= 15 is 0 Å². The van der Waals surface area contributed by atoms with Gasteiger partial charge in [-0.25, -0.2) is 0 Å². The molecule has 2 aliphatic heterocycles. The van der Waals surface area contributed by atoms with Crippen molar-refractivity contribution >= 4 is 35.8 Å². The van der Waals surface area contributed by atoms with Crippen molar-refractivity contribution in [2.24, 2.45) is 32.5 Å². The number of hydrogen-bond donors (Lipinski definition) is 0. The maximum Gasteiger partial charge on any atom is 0.317 e. The molecule has 2 heterocycles. The first-order chi connectivity index (χ1) is 30.1. The number of carbonyl (C=O) groups excluding carboxylic acids is 6. The molecule has 2 fully saturated rings. The van der Waals surface area contributed by atoms with Crippen LogP contribution in [0.4, 0.5) is 0 Å². The second kappa shape index (κ2) is 24.5. The van der Waals surface area contributed by atoms with Crippen LogP contribution in [-0.4, -0.2) is 182 Å². The Morgan fingerprint density at radius 3 is 0.892 bits per heavy atom. The van der Waals surface area contributed by atoms with Gasteiger partial charge >= 0.3 is 35.8 Å². The lowest BCUT2D eigenvalue weighted by atomic mass is 9.90. The molecule has 0 aromatic rings. The molecule has 0 saturated carbocycles.